The number of hydrogen-bond acceptors (Lipinski definition) is 3. The van der Waals surface area contributed by atoms with Gasteiger partial charge >= 0.3 is 6.03 Å². The molecular formula is C24H26ClN3OS. The predicted molar refractivity (Wildman–Crippen MR) is 127 cm³/mol. The minimum atomic E-state index is -0.293. The summed E-state index contributed by atoms with van der Waals surface area (Å²) >= 11 is 7.70. The van der Waals surface area contributed by atoms with Gasteiger partial charge in [-0.2, -0.15) is 0 Å². The van der Waals surface area contributed by atoms with Crippen LogP contribution >= 0.6 is 23.4 Å². The van der Waals surface area contributed by atoms with Crippen LogP contribution in [0.25, 0.3) is 0 Å². The lowest BCUT2D eigenvalue weighted by Crippen LogP contribution is -2.22. The lowest BCUT2D eigenvalue weighted by Gasteiger charge is -2.20. The summed E-state index contributed by atoms with van der Waals surface area (Å²) in [6.45, 7) is 8.51. The quantitative estimate of drug-likeness (QED) is 0.412. The first-order chi connectivity index (χ1) is 14.4. The molecule has 3 rings (SSSR count). The second-order valence-corrected chi connectivity index (χ2v) is 9.03. The highest BCUT2D eigenvalue weighted by atomic mass is 35.5. The Morgan fingerprint density at radius 2 is 1.57 bits per heavy atom. The number of carbonyl (C=O) groups excluding carboxylic acids is 1. The average Bonchev–Trinajstić information content (AvgIpc) is 2.71. The largest absolute Gasteiger partial charge is 0.323 e. The normalized spacial score (nSPS) is 11.0. The molecule has 156 valence electrons. The Bertz CT molecular complexity index is 1010. The van der Waals surface area contributed by atoms with Crippen molar-refractivity contribution < 1.29 is 4.79 Å². The van der Waals surface area contributed by atoms with Crippen molar-refractivity contribution in [3.8, 4) is 0 Å². The SMILES string of the molecule is CC(C)c1cccc(C(C)C)c1NC(=O)Nc1cccnc1Sc1ccccc1Cl. The summed E-state index contributed by atoms with van der Waals surface area (Å²) in [7, 11) is 0. The summed E-state index contributed by atoms with van der Waals surface area (Å²) in [5, 5.41) is 7.37. The van der Waals surface area contributed by atoms with E-state index in [4.69, 9.17) is 11.6 Å². The highest BCUT2D eigenvalue weighted by Crippen LogP contribution is 2.36. The van der Waals surface area contributed by atoms with Gasteiger partial charge in [-0.15, -0.1) is 0 Å². The lowest BCUT2D eigenvalue weighted by atomic mass is 9.93. The first-order valence-corrected chi connectivity index (χ1v) is 11.1. The van der Waals surface area contributed by atoms with E-state index in [2.05, 4.69) is 55.4 Å². The van der Waals surface area contributed by atoms with E-state index in [-0.39, 0.29) is 6.03 Å². The number of carbonyl (C=O) groups is 1. The minimum absolute atomic E-state index is 0.293. The number of hydrogen-bond donors (Lipinski definition) is 2. The van der Waals surface area contributed by atoms with Crippen LogP contribution in [0.15, 0.2) is 70.7 Å². The molecule has 3 aromatic rings. The van der Waals surface area contributed by atoms with Gasteiger partial charge in [0.1, 0.15) is 5.03 Å². The van der Waals surface area contributed by atoms with Gasteiger partial charge in [0.2, 0.25) is 0 Å². The number of para-hydroxylation sites is 1. The van der Waals surface area contributed by atoms with E-state index in [1.807, 2.05) is 36.4 Å². The topological polar surface area (TPSA) is 54.0 Å². The van der Waals surface area contributed by atoms with Crippen molar-refractivity contribution in [2.75, 3.05) is 10.6 Å². The third-order valence-electron chi connectivity index (χ3n) is 4.67. The highest BCUT2D eigenvalue weighted by molar-refractivity contribution is 7.99. The fourth-order valence-corrected chi connectivity index (χ4v) is 4.28. The molecule has 2 amide bonds. The van der Waals surface area contributed by atoms with Crippen LogP contribution in [0.4, 0.5) is 16.2 Å². The van der Waals surface area contributed by atoms with E-state index in [0.29, 0.717) is 27.6 Å². The molecule has 6 heteroatoms. The number of amides is 2. The molecule has 1 aromatic heterocycles. The van der Waals surface area contributed by atoms with Crippen LogP contribution in [0.5, 0.6) is 0 Å². The highest BCUT2D eigenvalue weighted by Gasteiger charge is 2.17. The van der Waals surface area contributed by atoms with Gasteiger partial charge in [0, 0.05) is 16.8 Å². The molecule has 0 unspecified atom stereocenters. The molecule has 0 aliphatic heterocycles. The molecule has 0 spiro atoms. The van der Waals surface area contributed by atoms with Crippen molar-refractivity contribution in [3.63, 3.8) is 0 Å². The smallest absolute Gasteiger partial charge is 0.307 e. The Morgan fingerprint density at radius 3 is 2.20 bits per heavy atom. The number of aromatic nitrogens is 1. The summed E-state index contributed by atoms with van der Waals surface area (Å²) < 4.78 is 0. The van der Waals surface area contributed by atoms with Crippen molar-refractivity contribution >= 4 is 40.8 Å². The zero-order chi connectivity index (χ0) is 21.7. The first kappa shape index (κ1) is 22.2. The van der Waals surface area contributed by atoms with E-state index < -0.39 is 0 Å². The summed E-state index contributed by atoms with van der Waals surface area (Å²) in [4.78, 5) is 18.2. The molecule has 0 bridgehead atoms. The van der Waals surface area contributed by atoms with Crippen molar-refractivity contribution in [1.82, 2.24) is 4.98 Å². The number of nitrogens with one attached hydrogen (secondary N) is 2. The molecule has 0 radical (unpaired) electrons. The standard InChI is InChI=1S/C24H26ClN3OS/c1-15(2)17-9-7-10-18(16(3)4)22(17)28-24(29)27-20-12-8-14-26-23(20)30-21-13-6-5-11-19(21)25/h5-16H,1-4H3,(H2,27,28,29). The predicted octanol–water partition coefficient (Wildman–Crippen LogP) is 7.78. The van der Waals surface area contributed by atoms with Crippen LogP contribution in [0.3, 0.4) is 0 Å². The van der Waals surface area contributed by atoms with Crippen LogP contribution in [-0.4, -0.2) is 11.0 Å². The minimum Gasteiger partial charge on any atom is -0.307 e. The van der Waals surface area contributed by atoms with Crippen LogP contribution in [0.2, 0.25) is 5.02 Å². The molecule has 0 fully saturated rings. The number of urea groups is 1. The Hall–Kier alpha value is -2.50. The molecule has 0 atom stereocenters. The van der Waals surface area contributed by atoms with Gasteiger partial charge in [-0.05, 0) is 47.2 Å². The molecule has 30 heavy (non-hydrogen) atoms. The van der Waals surface area contributed by atoms with E-state index in [9.17, 15) is 4.79 Å². The van der Waals surface area contributed by atoms with Gasteiger partial charge in [0.25, 0.3) is 0 Å². The molecule has 0 aliphatic carbocycles. The van der Waals surface area contributed by atoms with Crippen molar-refractivity contribution in [1.29, 1.82) is 0 Å². The maximum Gasteiger partial charge on any atom is 0.323 e. The average molecular weight is 440 g/mol. The van der Waals surface area contributed by atoms with Gasteiger partial charge in [-0.1, -0.05) is 81.4 Å². The van der Waals surface area contributed by atoms with Crippen molar-refractivity contribution in [3.05, 3.63) is 76.9 Å². The summed E-state index contributed by atoms with van der Waals surface area (Å²) in [6, 6.07) is 17.1. The third kappa shape index (κ3) is 5.35. The molecular weight excluding hydrogens is 414 g/mol. The van der Waals surface area contributed by atoms with Crippen LogP contribution in [0, 0.1) is 0 Å². The Morgan fingerprint density at radius 1 is 0.900 bits per heavy atom. The first-order valence-electron chi connectivity index (χ1n) is 9.95. The van der Waals surface area contributed by atoms with E-state index in [1.54, 1.807) is 12.3 Å². The fraction of sp³-hybridized carbons (Fsp3) is 0.250. The zero-order valence-electron chi connectivity index (χ0n) is 17.6. The van der Waals surface area contributed by atoms with Gasteiger partial charge in [0.05, 0.1) is 10.7 Å². The number of halogens is 1. The summed E-state index contributed by atoms with van der Waals surface area (Å²) in [5.41, 5.74) is 3.75. The van der Waals surface area contributed by atoms with Crippen LogP contribution in [-0.2, 0) is 0 Å². The molecule has 4 nitrogen and oxygen atoms in total. The van der Waals surface area contributed by atoms with E-state index in [1.165, 1.54) is 11.8 Å². The van der Waals surface area contributed by atoms with Crippen molar-refractivity contribution in [2.45, 2.75) is 49.5 Å². The molecule has 0 saturated heterocycles. The number of benzene rings is 2. The lowest BCUT2D eigenvalue weighted by molar-refractivity contribution is 0.262. The zero-order valence-corrected chi connectivity index (χ0v) is 19.1. The van der Waals surface area contributed by atoms with Gasteiger partial charge < -0.3 is 10.6 Å². The van der Waals surface area contributed by atoms with Gasteiger partial charge in [-0.25, -0.2) is 9.78 Å². The Labute approximate surface area is 187 Å². The molecule has 2 aromatic carbocycles. The maximum atomic E-state index is 12.9. The maximum absolute atomic E-state index is 12.9. The van der Waals surface area contributed by atoms with Crippen LogP contribution in [0.1, 0.15) is 50.7 Å². The van der Waals surface area contributed by atoms with Crippen LogP contribution < -0.4 is 10.6 Å². The molecule has 1 heterocycles. The molecule has 0 aliphatic rings. The van der Waals surface area contributed by atoms with Crippen molar-refractivity contribution in [2.24, 2.45) is 0 Å². The number of pyridine rings is 1. The number of nitrogens with zero attached hydrogens (tertiary/aromatic N) is 1. The second-order valence-electron chi connectivity index (χ2n) is 7.59. The summed E-state index contributed by atoms with van der Waals surface area (Å²) in [5.74, 6) is 0.590. The molecule has 0 saturated carbocycles. The van der Waals surface area contributed by atoms with E-state index >= 15 is 0 Å². The van der Waals surface area contributed by atoms with Gasteiger partial charge in [0.15, 0.2) is 0 Å². The third-order valence-corrected chi connectivity index (χ3v) is 6.21. The Balaban J connectivity index is 1.84. The number of anilines is 2. The number of rotatable bonds is 6. The fourth-order valence-electron chi connectivity index (χ4n) is 3.16. The summed E-state index contributed by atoms with van der Waals surface area (Å²) in [6.07, 6.45) is 1.70. The van der Waals surface area contributed by atoms with E-state index in [0.717, 1.165) is 21.7 Å². The van der Waals surface area contributed by atoms with Gasteiger partial charge in [-0.3, -0.25) is 0 Å². The molecule has 2 N–H and O–H groups in total. The monoisotopic (exact) mass is 439 g/mol. The Kier molecular flexibility index (Phi) is 7.40. The second kappa shape index (κ2) is 10.0.